The zero-order chi connectivity index (χ0) is 9.84. The highest BCUT2D eigenvalue weighted by Gasteiger charge is 2.06. The van der Waals surface area contributed by atoms with E-state index in [1.54, 1.807) is 0 Å². The predicted octanol–water partition coefficient (Wildman–Crippen LogP) is 1.08. The minimum atomic E-state index is -1.14. The predicted molar refractivity (Wildman–Crippen MR) is 42.5 cm³/mol. The molecule has 0 aliphatic heterocycles. The van der Waals surface area contributed by atoms with Crippen LogP contribution in [0.15, 0.2) is 18.2 Å². The summed E-state index contributed by atoms with van der Waals surface area (Å²) in [4.78, 5) is 14.3. The van der Waals surface area contributed by atoms with Gasteiger partial charge in [0, 0.05) is 0 Å². The van der Waals surface area contributed by atoms with E-state index in [0.29, 0.717) is 5.56 Å². The lowest BCUT2D eigenvalue weighted by molar-refractivity contribution is -0.253. The van der Waals surface area contributed by atoms with Crippen molar-refractivity contribution in [2.45, 2.75) is 6.61 Å². The molecule has 1 aromatic carbocycles. The molecule has 1 aromatic rings. The third kappa shape index (κ3) is 2.43. The van der Waals surface area contributed by atoms with Crippen molar-refractivity contribution in [2.24, 2.45) is 0 Å². The van der Waals surface area contributed by atoms with Crippen molar-refractivity contribution in [1.29, 1.82) is 0 Å². The lowest BCUT2D eigenvalue weighted by Gasteiger charge is -2.01. The Morgan fingerprint density at radius 2 is 2.08 bits per heavy atom. The van der Waals surface area contributed by atoms with E-state index < -0.39 is 5.97 Å². The van der Waals surface area contributed by atoms with E-state index in [9.17, 15) is 4.79 Å². The van der Waals surface area contributed by atoms with Crippen molar-refractivity contribution in [3.63, 3.8) is 0 Å². The molecule has 0 saturated carbocycles. The molecule has 0 aromatic heterocycles. The Hall–Kier alpha value is -1.59. The molecule has 0 atom stereocenters. The summed E-state index contributed by atoms with van der Waals surface area (Å²) in [6, 6.07) is 3.73. The average molecular weight is 184 g/mol. The number of benzene rings is 1. The topological polar surface area (TPSA) is 87.0 Å². The first kappa shape index (κ1) is 9.50. The lowest BCUT2D eigenvalue weighted by atomic mass is 10.1. The van der Waals surface area contributed by atoms with Gasteiger partial charge in [-0.15, -0.1) is 0 Å². The Morgan fingerprint density at radius 1 is 1.38 bits per heavy atom. The third-order valence-electron chi connectivity index (χ3n) is 1.46. The van der Waals surface area contributed by atoms with Crippen molar-refractivity contribution in [2.75, 3.05) is 0 Å². The van der Waals surface area contributed by atoms with Crippen LogP contribution in [0.3, 0.4) is 0 Å². The fraction of sp³-hybridized carbons (Fsp3) is 0.125. The van der Waals surface area contributed by atoms with Gasteiger partial charge in [-0.25, -0.2) is 9.68 Å². The number of phenolic OH excluding ortho intramolecular Hbond substituents is 1. The second kappa shape index (κ2) is 3.88. The Bertz CT molecular complexity index is 320. The maximum Gasteiger partial charge on any atom is 0.335 e. The molecule has 0 fully saturated rings. The molecule has 0 saturated heterocycles. The molecule has 1 rings (SSSR count). The van der Waals surface area contributed by atoms with Crippen LogP contribution in [0, 0.1) is 0 Å². The Kier molecular flexibility index (Phi) is 2.84. The minimum Gasteiger partial charge on any atom is -0.508 e. The van der Waals surface area contributed by atoms with Crippen molar-refractivity contribution in [3.05, 3.63) is 29.3 Å². The van der Waals surface area contributed by atoms with Crippen LogP contribution >= 0.6 is 0 Å². The molecule has 13 heavy (non-hydrogen) atoms. The first-order valence-electron chi connectivity index (χ1n) is 3.46. The molecule has 0 bridgehead atoms. The summed E-state index contributed by atoms with van der Waals surface area (Å²) < 4.78 is 0. The van der Waals surface area contributed by atoms with Gasteiger partial charge in [-0.2, -0.15) is 0 Å². The zero-order valence-electron chi connectivity index (χ0n) is 6.60. The molecule has 0 amide bonds. The zero-order valence-corrected chi connectivity index (χ0v) is 6.60. The largest absolute Gasteiger partial charge is 0.508 e. The average Bonchev–Trinajstić information content (AvgIpc) is 2.03. The third-order valence-corrected chi connectivity index (χ3v) is 1.46. The van der Waals surface area contributed by atoms with Crippen LogP contribution in [0.4, 0.5) is 0 Å². The number of carboxylic acid groups (broad SMARTS) is 1. The van der Waals surface area contributed by atoms with Crippen molar-refractivity contribution in [1.82, 2.24) is 0 Å². The number of carboxylic acids is 1. The van der Waals surface area contributed by atoms with E-state index in [1.165, 1.54) is 12.1 Å². The molecule has 0 heterocycles. The van der Waals surface area contributed by atoms with Crippen LogP contribution in [0.1, 0.15) is 15.9 Å². The molecule has 70 valence electrons. The van der Waals surface area contributed by atoms with Gasteiger partial charge in [-0.1, -0.05) is 0 Å². The molecule has 0 unspecified atom stereocenters. The summed E-state index contributed by atoms with van der Waals surface area (Å²) in [5.41, 5.74) is 0.340. The van der Waals surface area contributed by atoms with Crippen molar-refractivity contribution < 1.29 is 25.2 Å². The van der Waals surface area contributed by atoms with Gasteiger partial charge in [0.1, 0.15) is 12.4 Å². The summed E-state index contributed by atoms with van der Waals surface area (Å²) in [5.74, 6) is -1.32. The molecular weight excluding hydrogens is 176 g/mol. The van der Waals surface area contributed by atoms with Gasteiger partial charge in [0.2, 0.25) is 0 Å². The van der Waals surface area contributed by atoms with Crippen LogP contribution < -0.4 is 0 Å². The second-order valence-electron chi connectivity index (χ2n) is 2.47. The highest BCUT2D eigenvalue weighted by atomic mass is 17.1. The molecule has 0 aliphatic carbocycles. The van der Waals surface area contributed by atoms with Crippen LogP contribution in [0.25, 0.3) is 0 Å². The summed E-state index contributed by atoms with van der Waals surface area (Å²) in [5, 5.41) is 25.8. The highest BCUT2D eigenvalue weighted by molar-refractivity contribution is 5.88. The molecule has 0 radical (unpaired) electrons. The van der Waals surface area contributed by atoms with Crippen LogP contribution in [0.2, 0.25) is 0 Å². The van der Waals surface area contributed by atoms with Gasteiger partial charge in [-0.3, -0.25) is 5.26 Å². The standard InChI is InChI=1S/C8H8O5/c9-7-2-5(4-13-12)1-6(3-7)8(10)11/h1-3,9,12H,4H2,(H,10,11). The monoisotopic (exact) mass is 184 g/mol. The lowest BCUT2D eigenvalue weighted by Crippen LogP contribution is -1.98. The number of aromatic hydroxyl groups is 1. The van der Waals surface area contributed by atoms with E-state index >= 15 is 0 Å². The van der Waals surface area contributed by atoms with Crippen molar-refractivity contribution >= 4 is 5.97 Å². The molecule has 0 spiro atoms. The number of phenols is 1. The summed E-state index contributed by atoms with van der Waals surface area (Å²) >= 11 is 0. The number of aromatic carboxylic acids is 1. The molecule has 5 nitrogen and oxygen atoms in total. The van der Waals surface area contributed by atoms with E-state index in [0.717, 1.165) is 6.07 Å². The van der Waals surface area contributed by atoms with Crippen LogP contribution in [-0.4, -0.2) is 21.4 Å². The summed E-state index contributed by atoms with van der Waals surface area (Å²) in [6.07, 6.45) is 0. The van der Waals surface area contributed by atoms with E-state index in [-0.39, 0.29) is 17.9 Å². The van der Waals surface area contributed by atoms with E-state index in [4.69, 9.17) is 15.5 Å². The van der Waals surface area contributed by atoms with Gasteiger partial charge >= 0.3 is 5.97 Å². The van der Waals surface area contributed by atoms with Crippen LogP contribution in [-0.2, 0) is 11.5 Å². The van der Waals surface area contributed by atoms with Gasteiger partial charge in [-0.05, 0) is 23.8 Å². The quantitative estimate of drug-likeness (QED) is 0.483. The summed E-state index contributed by atoms with van der Waals surface area (Å²) in [6.45, 7) is -0.158. The SMILES string of the molecule is O=C(O)c1cc(O)cc(COO)c1. The summed E-state index contributed by atoms with van der Waals surface area (Å²) in [7, 11) is 0. The maximum absolute atomic E-state index is 10.5. The van der Waals surface area contributed by atoms with Gasteiger partial charge in [0.15, 0.2) is 0 Å². The first-order valence-corrected chi connectivity index (χ1v) is 3.46. The smallest absolute Gasteiger partial charge is 0.335 e. The fourth-order valence-electron chi connectivity index (χ4n) is 0.955. The Labute approximate surface area is 73.7 Å². The number of hydrogen-bond acceptors (Lipinski definition) is 4. The van der Waals surface area contributed by atoms with Gasteiger partial charge in [0.05, 0.1) is 5.56 Å². The number of carbonyl (C=O) groups is 1. The maximum atomic E-state index is 10.5. The highest BCUT2D eigenvalue weighted by Crippen LogP contribution is 2.16. The Morgan fingerprint density at radius 3 is 2.62 bits per heavy atom. The number of rotatable bonds is 3. The van der Waals surface area contributed by atoms with Crippen molar-refractivity contribution in [3.8, 4) is 5.75 Å². The molecule has 3 N–H and O–H groups in total. The van der Waals surface area contributed by atoms with E-state index in [2.05, 4.69) is 4.89 Å². The first-order chi connectivity index (χ1) is 6.13. The van der Waals surface area contributed by atoms with E-state index in [1.807, 2.05) is 0 Å². The normalized spacial score (nSPS) is 9.92. The van der Waals surface area contributed by atoms with Crippen LogP contribution in [0.5, 0.6) is 5.75 Å². The molecular formula is C8H8O5. The fourth-order valence-corrected chi connectivity index (χ4v) is 0.955. The number of hydrogen-bond donors (Lipinski definition) is 3. The Balaban J connectivity index is 3.03. The molecule has 5 heteroatoms. The van der Waals surface area contributed by atoms with Gasteiger partial charge < -0.3 is 10.2 Å². The minimum absolute atomic E-state index is 0.0490. The molecule has 0 aliphatic rings. The van der Waals surface area contributed by atoms with Gasteiger partial charge in [0.25, 0.3) is 0 Å². The second-order valence-corrected chi connectivity index (χ2v) is 2.47.